The van der Waals surface area contributed by atoms with Gasteiger partial charge in [0.1, 0.15) is 11.2 Å². The number of benzene rings is 1. The molecular formula is C23H28O3. The first-order valence-corrected chi connectivity index (χ1v) is 9.67. The zero-order chi connectivity index (χ0) is 18.5. The molecule has 1 aromatic carbocycles. The minimum Gasteiger partial charge on any atom is -0.497 e. The van der Waals surface area contributed by atoms with Crippen molar-refractivity contribution in [1.82, 2.24) is 0 Å². The average molecular weight is 352 g/mol. The van der Waals surface area contributed by atoms with Crippen LogP contribution in [0.3, 0.4) is 0 Å². The van der Waals surface area contributed by atoms with Crippen LogP contribution in [0.25, 0.3) is 0 Å². The summed E-state index contributed by atoms with van der Waals surface area (Å²) in [5.74, 6) is 2.49. The molecule has 3 heteroatoms. The monoisotopic (exact) mass is 352 g/mol. The number of carbonyl (C=O) groups excluding carboxylic acids is 1. The highest BCUT2D eigenvalue weighted by molar-refractivity contribution is 5.86. The molecule has 0 heterocycles. The average Bonchev–Trinajstić information content (AvgIpc) is 3.10. The summed E-state index contributed by atoms with van der Waals surface area (Å²) in [6, 6.07) is 6.16. The third-order valence-corrected chi connectivity index (χ3v) is 6.81. The second-order valence-electron chi connectivity index (χ2n) is 8.22. The number of esters is 1. The van der Waals surface area contributed by atoms with Gasteiger partial charge in [0, 0.05) is 11.8 Å². The van der Waals surface area contributed by atoms with E-state index in [0.717, 1.165) is 30.6 Å². The molecule has 0 spiro atoms. The lowest BCUT2D eigenvalue weighted by Crippen LogP contribution is -2.51. The Kier molecular flexibility index (Phi) is 4.21. The van der Waals surface area contributed by atoms with Crippen LogP contribution in [-0.4, -0.2) is 20.2 Å². The molecular weight excluding hydrogens is 324 g/mol. The van der Waals surface area contributed by atoms with E-state index in [9.17, 15) is 4.79 Å². The third kappa shape index (κ3) is 2.29. The molecule has 3 nitrogen and oxygen atoms in total. The molecule has 0 saturated heterocycles. The molecule has 0 aliphatic heterocycles. The predicted octanol–water partition coefficient (Wildman–Crippen LogP) is 4.46. The van der Waals surface area contributed by atoms with Gasteiger partial charge < -0.3 is 9.47 Å². The Hall–Kier alpha value is -2.03. The molecule has 0 radical (unpaired) electrons. The molecule has 0 bridgehead atoms. The molecule has 0 saturated carbocycles. The van der Waals surface area contributed by atoms with Crippen LogP contribution < -0.4 is 4.74 Å². The number of carbonyl (C=O) groups is 1. The number of aryl methyl sites for hydroxylation is 1. The lowest BCUT2D eigenvalue weighted by Gasteiger charge is -2.48. The van der Waals surface area contributed by atoms with Crippen LogP contribution in [-0.2, 0) is 21.4 Å². The first-order chi connectivity index (χ1) is 12.5. The van der Waals surface area contributed by atoms with E-state index >= 15 is 0 Å². The van der Waals surface area contributed by atoms with Gasteiger partial charge >= 0.3 is 5.97 Å². The first-order valence-electron chi connectivity index (χ1n) is 9.67. The summed E-state index contributed by atoms with van der Waals surface area (Å²) < 4.78 is 10.8. The van der Waals surface area contributed by atoms with Crippen LogP contribution in [0.15, 0.2) is 42.0 Å². The maximum absolute atomic E-state index is 13.1. The third-order valence-electron chi connectivity index (χ3n) is 6.81. The fraction of sp³-hybridized carbons (Fsp3) is 0.522. The van der Waals surface area contributed by atoms with Crippen LogP contribution >= 0.6 is 0 Å². The van der Waals surface area contributed by atoms with Gasteiger partial charge in [-0.15, -0.1) is 0 Å². The van der Waals surface area contributed by atoms with Crippen molar-refractivity contribution in [3.63, 3.8) is 0 Å². The summed E-state index contributed by atoms with van der Waals surface area (Å²) in [5, 5.41) is 0. The van der Waals surface area contributed by atoms with Crippen molar-refractivity contribution in [3.8, 4) is 5.75 Å². The Bertz CT molecular complexity index is 789. The predicted molar refractivity (Wildman–Crippen MR) is 102 cm³/mol. The van der Waals surface area contributed by atoms with Crippen LogP contribution in [0.1, 0.15) is 37.8 Å². The molecule has 0 aromatic heterocycles. The maximum atomic E-state index is 13.1. The number of ether oxygens (including phenoxy) is 2. The van der Waals surface area contributed by atoms with Gasteiger partial charge in [-0.1, -0.05) is 43.7 Å². The van der Waals surface area contributed by atoms with E-state index < -0.39 is 5.41 Å². The first kappa shape index (κ1) is 17.4. The maximum Gasteiger partial charge on any atom is 0.316 e. The summed E-state index contributed by atoms with van der Waals surface area (Å²) in [6.45, 7) is 4.56. The highest BCUT2D eigenvalue weighted by atomic mass is 16.5. The SMILES string of the molecule is COC(=O)[C@@]12CC=C3[C@H](C(C)C)C=C[C@@H]3[C@@H]1CCc1cc(OC)ccc12. The van der Waals surface area contributed by atoms with Crippen molar-refractivity contribution in [1.29, 1.82) is 0 Å². The second-order valence-corrected chi connectivity index (χ2v) is 8.22. The number of methoxy groups -OCH3 is 2. The Morgan fingerprint density at radius 2 is 2.04 bits per heavy atom. The van der Waals surface area contributed by atoms with Crippen molar-refractivity contribution in [3.05, 3.63) is 53.1 Å². The van der Waals surface area contributed by atoms with Crippen molar-refractivity contribution in [2.24, 2.45) is 23.7 Å². The standard InChI is InChI=1S/C23H28O3/c1-14(2)17-7-8-19-18(17)11-12-23(22(24)26-4)20-10-6-16(25-3)13-15(20)5-9-21(19)23/h6-8,10-11,13-14,17,19,21H,5,9,12H2,1-4H3/t17-,19-,21-,23+/m0/s1. The van der Waals surface area contributed by atoms with Crippen LogP contribution in [0.4, 0.5) is 0 Å². The lowest BCUT2D eigenvalue weighted by molar-refractivity contribution is -0.151. The molecule has 4 atom stereocenters. The van der Waals surface area contributed by atoms with Gasteiger partial charge in [0.2, 0.25) is 0 Å². The summed E-state index contributed by atoms with van der Waals surface area (Å²) >= 11 is 0. The summed E-state index contributed by atoms with van der Waals surface area (Å²) in [4.78, 5) is 13.1. The summed E-state index contributed by atoms with van der Waals surface area (Å²) in [6.07, 6.45) is 9.78. The largest absolute Gasteiger partial charge is 0.497 e. The van der Waals surface area contributed by atoms with E-state index in [2.05, 4.69) is 44.2 Å². The van der Waals surface area contributed by atoms with Gasteiger partial charge in [0.15, 0.2) is 0 Å². The van der Waals surface area contributed by atoms with E-state index in [1.165, 1.54) is 18.2 Å². The quantitative estimate of drug-likeness (QED) is 0.595. The van der Waals surface area contributed by atoms with E-state index in [1.54, 1.807) is 7.11 Å². The molecule has 0 unspecified atom stereocenters. The van der Waals surface area contributed by atoms with E-state index in [1.807, 2.05) is 6.07 Å². The molecule has 0 N–H and O–H groups in total. The highest BCUT2D eigenvalue weighted by Gasteiger charge is 2.56. The van der Waals surface area contributed by atoms with E-state index in [-0.39, 0.29) is 11.9 Å². The fourth-order valence-corrected chi connectivity index (χ4v) is 5.58. The molecule has 4 rings (SSSR count). The number of allylic oxidation sites excluding steroid dienone is 4. The number of hydrogen-bond donors (Lipinski definition) is 0. The van der Waals surface area contributed by atoms with Gasteiger partial charge in [0.05, 0.1) is 14.2 Å². The van der Waals surface area contributed by atoms with Gasteiger partial charge in [-0.25, -0.2) is 0 Å². The lowest BCUT2D eigenvalue weighted by atomic mass is 9.54. The van der Waals surface area contributed by atoms with Crippen LogP contribution in [0.5, 0.6) is 5.75 Å². The number of hydrogen-bond acceptors (Lipinski definition) is 3. The van der Waals surface area contributed by atoms with Crippen molar-refractivity contribution >= 4 is 5.97 Å². The molecule has 0 amide bonds. The molecule has 3 aliphatic carbocycles. The van der Waals surface area contributed by atoms with Gasteiger partial charge in [0.25, 0.3) is 0 Å². The van der Waals surface area contributed by atoms with Crippen molar-refractivity contribution in [2.45, 2.75) is 38.5 Å². The zero-order valence-corrected chi connectivity index (χ0v) is 16.1. The van der Waals surface area contributed by atoms with E-state index in [0.29, 0.717) is 17.8 Å². The summed E-state index contributed by atoms with van der Waals surface area (Å²) in [7, 11) is 3.21. The second kappa shape index (κ2) is 6.29. The number of rotatable bonds is 3. The van der Waals surface area contributed by atoms with Crippen LogP contribution in [0.2, 0.25) is 0 Å². The normalized spacial score (nSPS) is 31.7. The molecule has 3 aliphatic rings. The molecule has 138 valence electrons. The minimum absolute atomic E-state index is 0.0923. The minimum atomic E-state index is -0.570. The fourth-order valence-electron chi connectivity index (χ4n) is 5.58. The molecule has 1 aromatic rings. The van der Waals surface area contributed by atoms with Gasteiger partial charge in [-0.05, 0) is 54.4 Å². The topological polar surface area (TPSA) is 35.5 Å². The Morgan fingerprint density at radius 1 is 1.23 bits per heavy atom. The Balaban J connectivity index is 1.85. The molecule has 26 heavy (non-hydrogen) atoms. The molecule has 0 fully saturated rings. The Morgan fingerprint density at radius 3 is 2.73 bits per heavy atom. The highest BCUT2D eigenvalue weighted by Crippen LogP contribution is 2.56. The number of fused-ring (bicyclic) bond motifs is 5. The van der Waals surface area contributed by atoms with Gasteiger partial charge in [-0.2, -0.15) is 0 Å². The Labute approximate surface area is 156 Å². The summed E-state index contributed by atoms with van der Waals surface area (Å²) in [5.41, 5.74) is 3.31. The smallest absolute Gasteiger partial charge is 0.316 e. The van der Waals surface area contributed by atoms with Gasteiger partial charge in [-0.3, -0.25) is 4.79 Å². The van der Waals surface area contributed by atoms with Crippen molar-refractivity contribution in [2.75, 3.05) is 14.2 Å². The zero-order valence-electron chi connectivity index (χ0n) is 16.1. The van der Waals surface area contributed by atoms with Crippen LogP contribution in [0, 0.1) is 23.7 Å². The van der Waals surface area contributed by atoms with E-state index in [4.69, 9.17) is 9.47 Å². The van der Waals surface area contributed by atoms with Crippen molar-refractivity contribution < 1.29 is 14.3 Å².